The summed E-state index contributed by atoms with van der Waals surface area (Å²) in [6, 6.07) is -8.63. The van der Waals surface area contributed by atoms with Crippen molar-refractivity contribution in [2.75, 3.05) is 0 Å². The van der Waals surface area contributed by atoms with E-state index < -0.39 is 84.1 Å². The third-order valence-corrected chi connectivity index (χ3v) is 1.45. The van der Waals surface area contributed by atoms with Gasteiger partial charge in [0.2, 0.25) is 0 Å². The van der Waals surface area contributed by atoms with Gasteiger partial charge in [-0.15, -0.1) is 0 Å². The van der Waals surface area contributed by atoms with Gasteiger partial charge in [0.15, 0.2) is 0 Å². The van der Waals surface area contributed by atoms with Gasteiger partial charge in [-0.25, -0.2) is 4.79 Å². The molecular formula is C14H12O2. The Kier molecular flexibility index (Phi) is 1.02. The van der Waals surface area contributed by atoms with Crippen molar-refractivity contribution >= 4 is 5.97 Å². The molecule has 2 rings (SSSR count). The second kappa shape index (κ2) is 5.12. The molecule has 0 aliphatic rings. The number of carbonyl (C=O) groups excluding carboxylic acids is 1. The molecule has 0 heterocycles. The first-order valence-electron chi connectivity index (χ1n) is 10.1. The highest BCUT2D eigenvalue weighted by Crippen LogP contribution is 2.05. The Labute approximate surface area is 111 Å². The van der Waals surface area contributed by atoms with Crippen LogP contribution in [0.1, 0.15) is 32.4 Å². The highest BCUT2D eigenvalue weighted by atomic mass is 16.5. The van der Waals surface area contributed by atoms with Gasteiger partial charge in [-0.3, -0.25) is 0 Å². The van der Waals surface area contributed by atoms with E-state index in [9.17, 15) is 4.79 Å². The monoisotopic (exact) mass is 224 g/mol. The van der Waals surface area contributed by atoms with E-state index in [0.29, 0.717) is 0 Å². The van der Waals surface area contributed by atoms with Crippen LogP contribution in [0.3, 0.4) is 0 Å². The summed E-state index contributed by atoms with van der Waals surface area (Å²) in [5.74, 6) is -1.64. The Morgan fingerprint density at radius 2 is 1.62 bits per heavy atom. The third-order valence-electron chi connectivity index (χ3n) is 1.45. The van der Waals surface area contributed by atoms with Crippen LogP contribution in [0.15, 0.2) is 60.4 Å². The van der Waals surface area contributed by atoms with Gasteiger partial charge in [-0.05, 0) is 17.6 Å². The first kappa shape index (κ1) is 3.20. The van der Waals surface area contributed by atoms with E-state index in [1.54, 1.807) is 0 Å². The van der Waals surface area contributed by atoms with Crippen molar-refractivity contribution in [1.29, 1.82) is 0 Å². The van der Waals surface area contributed by atoms with E-state index in [1.165, 1.54) is 0 Å². The molecule has 0 amide bonds. The molecule has 16 heavy (non-hydrogen) atoms. The minimum absolute atomic E-state index is 0.764. The van der Waals surface area contributed by atoms with E-state index in [4.69, 9.17) is 16.4 Å². The van der Waals surface area contributed by atoms with Crippen LogP contribution in [0.4, 0.5) is 0 Å². The van der Waals surface area contributed by atoms with E-state index in [-0.39, 0.29) is 0 Å². The summed E-state index contributed by atoms with van der Waals surface area (Å²) in [7, 11) is 0. The third kappa shape index (κ3) is 2.70. The van der Waals surface area contributed by atoms with Crippen molar-refractivity contribution < 1.29 is 26.0 Å². The summed E-state index contributed by atoms with van der Waals surface area (Å²) >= 11 is 0. The largest absolute Gasteiger partial charge is 0.457 e. The molecule has 0 fully saturated rings. The quantitative estimate of drug-likeness (QED) is 0.749. The summed E-state index contributed by atoms with van der Waals surface area (Å²) in [6.45, 7) is -3.24. The summed E-state index contributed by atoms with van der Waals surface area (Å²) in [6.07, 6.45) is 0. The van der Waals surface area contributed by atoms with Crippen molar-refractivity contribution in [3.63, 3.8) is 0 Å². The highest BCUT2D eigenvalue weighted by Gasteiger charge is 2.05. The maximum atomic E-state index is 12.4. The lowest BCUT2D eigenvalue weighted by Crippen LogP contribution is -2.04. The number of rotatable bonds is 3. The van der Waals surface area contributed by atoms with Crippen molar-refractivity contribution in [2.45, 2.75) is 6.56 Å². The van der Waals surface area contributed by atoms with Crippen LogP contribution < -0.4 is 0 Å². The standard InChI is InChI=1S/C14H12O2/c15-14(13-9-5-2-6-10-13)16-11-12-7-3-1-4-8-12/h1-10H,11H2/i1D,2D,3D,4D,5D,6D,7D,8D,9D,10D,11D2. The number of esters is 1. The average Bonchev–Trinajstić information content (AvgIpc) is 2.61. The summed E-state index contributed by atoms with van der Waals surface area (Å²) in [4.78, 5) is 12.4. The van der Waals surface area contributed by atoms with E-state index in [0.717, 1.165) is 0 Å². The van der Waals surface area contributed by atoms with E-state index in [1.807, 2.05) is 0 Å². The first-order chi connectivity index (χ1) is 12.7. The SMILES string of the molecule is [2H]c1c([2H])c([2H])c(C(=O)OC([2H])([2H])c2c([2H])c([2H])c([2H])c([2H])c2[2H])c([2H])c1[2H]. The zero-order valence-electron chi connectivity index (χ0n) is 19.8. The second-order valence-corrected chi connectivity index (χ2v) is 2.49. The van der Waals surface area contributed by atoms with Gasteiger partial charge in [0.1, 0.15) is 6.56 Å². The van der Waals surface area contributed by atoms with Gasteiger partial charge in [0.05, 0.1) is 22.0 Å². The summed E-state index contributed by atoms with van der Waals surface area (Å²) in [5.41, 5.74) is -1.90. The molecule has 0 saturated heterocycles. The van der Waals surface area contributed by atoms with Crippen LogP contribution >= 0.6 is 0 Å². The minimum Gasteiger partial charge on any atom is -0.457 e. The number of benzene rings is 2. The topological polar surface area (TPSA) is 26.3 Å². The molecule has 2 aromatic carbocycles. The molecule has 80 valence electrons. The Morgan fingerprint density at radius 3 is 2.25 bits per heavy atom. The smallest absolute Gasteiger partial charge is 0.338 e. The van der Waals surface area contributed by atoms with Crippen molar-refractivity contribution in [1.82, 2.24) is 0 Å². The summed E-state index contributed by atoms with van der Waals surface area (Å²) in [5, 5.41) is 0. The Balaban J connectivity index is 2.60. The molecule has 2 heteroatoms. The van der Waals surface area contributed by atoms with E-state index >= 15 is 0 Å². The fourth-order valence-corrected chi connectivity index (χ4v) is 0.802. The van der Waals surface area contributed by atoms with Gasteiger partial charge in [0.25, 0.3) is 0 Å². The van der Waals surface area contributed by atoms with Crippen LogP contribution in [0.2, 0.25) is 0 Å². The van der Waals surface area contributed by atoms with Crippen LogP contribution in [0, 0.1) is 0 Å². The zero-order valence-corrected chi connectivity index (χ0v) is 7.82. The molecule has 0 spiro atoms. The number of hydrogen-bond donors (Lipinski definition) is 0. The minimum atomic E-state index is -3.24. The molecule has 0 aliphatic heterocycles. The molecule has 0 bridgehead atoms. The average molecular weight is 224 g/mol. The van der Waals surface area contributed by atoms with Crippen molar-refractivity contribution in [2.24, 2.45) is 0 Å². The second-order valence-electron chi connectivity index (χ2n) is 2.49. The first-order valence-corrected chi connectivity index (χ1v) is 4.11. The van der Waals surface area contributed by atoms with Gasteiger partial charge >= 0.3 is 5.97 Å². The van der Waals surface area contributed by atoms with Gasteiger partial charge in [-0.1, -0.05) is 48.3 Å². The van der Waals surface area contributed by atoms with Crippen molar-refractivity contribution in [3.8, 4) is 0 Å². The molecule has 2 nitrogen and oxygen atoms in total. The summed E-state index contributed by atoms with van der Waals surface area (Å²) < 4.78 is 96.5. The van der Waals surface area contributed by atoms with Crippen LogP contribution in [0.5, 0.6) is 0 Å². The maximum Gasteiger partial charge on any atom is 0.338 e. The lowest BCUT2D eigenvalue weighted by molar-refractivity contribution is 0.0472. The van der Waals surface area contributed by atoms with Crippen LogP contribution in [-0.2, 0) is 11.3 Å². The predicted molar refractivity (Wildman–Crippen MR) is 62.0 cm³/mol. The molecule has 0 aromatic heterocycles. The molecule has 0 N–H and O–H groups in total. The number of carbonyl (C=O) groups is 1. The fourth-order valence-electron chi connectivity index (χ4n) is 0.802. The molecule has 2 aromatic rings. The zero-order chi connectivity index (χ0) is 21.7. The lowest BCUT2D eigenvalue weighted by atomic mass is 10.2. The molecule has 0 aliphatic carbocycles. The molecule has 0 unspecified atom stereocenters. The Bertz CT molecular complexity index is 943. The highest BCUT2D eigenvalue weighted by molar-refractivity contribution is 5.89. The molecule has 0 saturated carbocycles. The van der Waals surface area contributed by atoms with E-state index in [2.05, 4.69) is 4.74 Å². The molecule has 0 atom stereocenters. The Hall–Kier alpha value is -2.09. The van der Waals surface area contributed by atoms with Crippen LogP contribution in [-0.4, -0.2) is 5.97 Å². The lowest BCUT2D eigenvalue weighted by Gasteiger charge is -2.04. The fraction of sp³-hybridized carbons (Fsp3) is 0.0714. The molecule has 0 radical (unpaired) electrons. The van der Waals surface area contributed by atoms with Gasteiger partial charge in [-0.2, -0.15) is 0 Å². The van der Waals surface area contributed by atoms with Crippen LogP contribution in [0.25, 0.3) is 0 Å². The number of ether oxygens (including phenoxy) is 1. The van der Waals surface area contributed by atoms with Gasteiger partial charge in [0, 0.05) is 0 Å². The van der Waals surface area contributed by atoms with Gasteiger partial charge < -0.3 is 4.74 Å². The predicted octanol–water partition coefficient (Wildman–Crippen LogP) is 3.04. The maximum absolute atomic E-state index is 12.4. The Morgan fingerprint density at radius 1 is 1.06 bits per heavy atom. The van der Waals surface area contributed by atoms with Crippen molar-refractivity contribution in [3.05, 3.63) is 71.6 Å². The molecular weight excluding hydrogens is 200 g/mol. The number of hydrogen-bond acceptors (Lipinski definition) is 2. The normalized spacial score (nSPS) is 21.2.